The minimum atomic E-state index is -0.401. The van der Waals surface area contributed by atoms with Crippen LogP contribution < -0.4 is 5.32 Å². The van der Waals surface area contributed by atoms with Crippen LogP contribution in [0, 0.1) is 6.92 Å². The summed E-state index contributed by atoms with van der Waals surface area (Å²) in [6, 6.07) is 18.2. The Balaban J connectivity index is 1.70. The Hall–Kier alpha value is -2.89. The number of para-hydroxylation sites is 1. The third-order valence-electron chi connectivity index (χ3n) is 4.34. The van der Waals surface area contributed by atoms with E-state index in [1.807, 2.05) is 30.3 Å². The maximum absolute atomic E-state index is 12.8. The molecular formula is C22H19Cl2N3O2. The van der Waals surface area contributed by atoms with E-state index in [1.54, 1.807) is 44.3 Å². The van der Waals surface area contributed by atoms with Gasteiger partial charge in [0.05, 0.1) is 39.2 Å². The van der Waals surface area contributed by atoms with Crippen molar-refractivity contribution in [3.05, 3.63) is 82.0 Å². The molecule has 0 atom stereocenters. The molecule has 2 amide bonds. The summed E-state index contributed by atoms with van der Waals surface area (Å²) in [6.45, 7) is 1.62. The van der Waals surface area contributed by atoms with Gasteiger partial charge in [-0.2, -0.15) is 0 Å². The normalized spacial score (nSPS) is 10.5. The highest BCUT2D eigenvalue weighted by atomic mass is 35.5. The fourth-order valence-electron chi connectivity index (χ4n) is 2.85. The molecule has 29 heavy (non-hydrogen) atoms. The van der Waals surface area contributed by atoms with E-state index in [4.69, 9.17) is 23.2 Å². The van der Waals surface area contributed by atoms with Crippen LogP contribution in [0.15, 0.2) is 60.7 Å². The molecule has 0 radical (unpaired) electrons. The minimum absolute atomic E-state index is 0.153. The maximum Gasteiger partial charge on any atom is 0.255 e. The number of carbonyl (C=O) groups excluding carboxylic acids is 2. The van der Waals surface area contributed by atoms with Gasteiger partial charge in [0.15, 0.2) is 0 Å². The second-order valence-electron chi connectivity index (χ2n) is 6.50. The molecule has 0 aliphatic rings. The van der Waals surface area contributed by atoms with Crippen LogP contribution >= 0.6 is 23.2 Å². The van der Waals surface area contributed by atoms with Crippen LogP contribution in [0.5, 0.6) is 0 Å². The molecule has 0 aliphatic heterocycles. The number of hydrogen-bond acceptors (Lipinski definition) is 3. The molecule has 0 bridgehead atoms. The number of hydrogen-bond donors (Lipinski definition) is 1. The number of amides is 2. The Labute approximate surface area is 179 Å². The van der Waals surface area contributed by atoms with Crippen molar-refractivity contribution in [1.82, 2.24) is 9.88 Å². The molecule has 1 heterocycles. The third kappa shape index (κ3) is 4.94. The minimum Gasteiger partial charge on any atom is -0.332 e. The van der Waals surface area contributed by atoms with Gasteiger partial charge in [0.1, 0.15) is 0 Å². The van der Waals surface area contributed by atoms with E-state index >= 15 is 0 Å². The molecule has 0 fully saturated rings. The predicted octanol–water partition coefficient (Wildman–Crippen LogP) is 5.07. The Morgan fingerprint density at radius 2 is 1.62 bits per heavy atom. The number of nitrogens with zero attached hydrogens (tertiary/aromatic N) is 2. The summed E-state index contributed by atoms with van der Waals surface area (Å²) in [4.78, 5) is 31.0. The Morgan fingerprint density at radius 3 is 2.24 bits per heavy atom. The van der Waals surface area contributed by atoms with Crippen LogP contribution in [0.4, 0.5) is 5.69 Å². The highest BCUT2D eigenvalue weighted by Crippen LogP contribution is 2.29. The van der Waals surface area contributed by atoms with Crippen LogP contribution in [-0.2, 0) is 4.79 Å². The molecule has 1 N–H and O–H groups in total. The van der Waals surface area contributed by atoms with E-state index < -0.39 is 5.91 Å². The first-order chi connectivity index (χ1) is 13.9. The molecule has 0 unspecified atom stereocenters. The average molecular weight is 428 g/mol. The van der Waals surface area contributed by atoms with Gasteiger partial charge in [0.2, 0.25) is 5.91 Å². The van der Waals surface area contributed by atoms with E-state index in [-0.39, 0.29) is 12.5 Å². The molecule has 3 rings (SSSR count). The molecule has 148 valence electrons. The first-order valence-corrected chi connectivity index (χ1v) is 9.65. The molecule has 1 aromatic heterocycles. The highest BCUT2D eigenvalue weighted by molar-refractivity contribution is 6.39. The maximum atomic E-state index is 12.8. The number of aryl methyl sites for hydroxylation is 1. The number of halogens is 2. The first kappa shape index (κ1) is 20.8. The molecular weight excluding hydrogens is 409 g/mol. The van der Waals surface area contributed by atoms with Crippen molar-refractivity contribution in [3.63, 3.8) is 0 Å². The first-order valence-electron chi connectivity index (χ1n) is 8.89. The largest absolute Gasteiger partial charge is 0.332 e. The highest BCUT2D eigenvalue weighted by Gasteiger charge is 2.19. The molecule has 2 aromatic carbocycles. The summed E-state index contributed by atoms with van der Waals surface area (Å²) < 4.78 is 0. The van der Waals surface area contributed by atoms with Crippen molar-refractivity contribution >= 4 is 40.7 Å². The number of nitrogens with one attached hydrogen (secondary N) is 1. The Bertz CT molecular complexity index is 1030. The molecule has 5 nitrogen and oxygen atoms in total. The van der Waals surface area contributed by atoms with Gasteiger partial charge in [-0.05, 0) is 31.2 Å². The topological polar surface area (TPSA) is 62.3 Å². The van der Waals surface area contributed by atoms with Crippen molar-refractivity contribution in [3.8, 4) is 11.3 Å². The second kappa shape index (κ2) is 9.07. The van der Waals surface area contributed by atoms with Crippen LogP contribution in [0.1, 0.15) is 16.1 Å². The van der Waals surface area contributed by atoms with Crippen molar-refractivity contribution in [2.75, 3.05) is 18.9 Å². The van der Waals surface area contributed by atoms with Gasteiger partial charge in [-0.15, -0.1) is 0 Å². The number of benzene rings is 2. The molecule has 7 heteroatoms. The molecule has 0 saturated carbocycles. The number of pyridine rings is 1. The molecule has 3 aromatic rings. The number of aromatic nitrogens is 1. The van der Waals surface area contributed by atoms with Gasteiger partial charge >= 0.3 is 0 Å². The fourth-order valence-corrected chi connectivity index (χ4v) is 3.34. The van der Waals surface area contributed by atoms with Gasteiger partial charge in [-0.1, -0.05) is 59.6 Å². The summed E-state index contributed by atoms with van der Waals surface area (Å²) in [5, 5.41) is 3.31. The predicted molar refractivity (Wildman–Crippen MR) is 116 cm³/mol. The standard InChI is InChI=1S/C22H19Cl2N3O2/c1-14-16(11-12-19(25-14)15-7-4-3-5-8-15)22(29)27(2)13-20(28)26-21-17(23)9-6-10-18(21)24/h3-12H,13H2,1-2H3,(H,26,28). The van der Waals surface area contributed by atoms with Gasteiger partial charge in [-0.25, -0.2) is 0 Å². The van der Waals surface area contributed by atoms with Crippen LogP contribution in [-0.4, -0.2) is 35.3 Å². The Morgan fingerprint density at radius 1 is 0.966 bits per heavy atom. The fraction of sp³-hybridized carbons (Fsp3) is 0.136. The summed E-state index contributed by atoms with van der Waals surface area (Å²) in [5.74, 6) is -0.697. The number of rotatable bonds is 5. The van der Waals surface area contributed by atoms with E-state index in [2.05, 4.69) is 10.3 Å². The van der Waals surface area contributed by atoms with E-state index in [1.165, 1.54) is 4.90 Å². The van der Waals surface area contributed by atoms with Gasteiger partial charge in [-0.3, -0.25) is 14.6 Å². The molecule has 0 spiro atoms. The number of likely N-dealkylation sites (N-methyl/N-ethyl adjacent to an activating group) is 1. The number of anilines is 1. The summed E-state index contributed by atoms with van der Waals surface area (Å²) in [5.41, 5.74) is 3.12. The molecule has 0 saturated heterocycles. The average Bonchev–Trinajstić information content (AvgIpc) is 2.71. The zero-order chi connectivity index (χ0) is 21.0. The lowest BCUT2D eigenvalue weighted by Gasteiger charge is -2.18. The summed E-state index contributed by atoms with van der Waals surface area (Å²) >= 11 is 12.1. The summed E-state index contributed by atoms with van der Waals surface area (Å²) in [6.07, 6.45) is 0. The van der Waals surface area contributed by atoms with Crippen LogP contribution in [0.2, 0.25) is 10.0 Å². The lowest BCUT2D eigenvalue weighted by atomic mass is 10.1. The van der Waals surface area contributed by atoms with Crippen molar-refractivity contribution in [2.24, 2.45) is 0 Å². The van der Waals surface area contributed by atoms with Gasteiger partial charge < -0.3 is 10.2 Å². The quantitative estimate of drug-likeness (QED) is 0.617. The smallest absolute Gasteiger partial charge is 0.255 e. The van der Waals surface area contributed by atoms with Crippen LogP contribution in [0.25, 0.3) is 11.3 Å². The summed E-state index contributed by atoms with van der Waals surface area (Å²) in [7, 11) is 1.56. The van der Waals surface area contributed by atoms with E-state index in [0.29, 0.717) is 27.0 Å². The SMILES string of the molecule is Cc1nc(-c2ccccc2)ccc1C(=O)N(C)CC(=O)Nc1c(Cl)cccc1Cl. The zero-order valence-electron chi connectivity index (χ0n) is 15.9. The number of carbonyl (C=O) groups is 2. The van der Waals surface area contributed by atoms with E-state index in [9.17, 15) is 9.59 Å². The Kier molecular flexibility index (Phi) is 6.52. The monoisotopic (exact) mass is 427 g/mol. The van der Waals surface area contributed by atoms with Crippen LogP contribution in [0.3, 0.4) is 0 Å². The van der Waals surface area contributed by atoms with E-state index in [0.717, 1.165) is 11.3 Å². The van der Waals surface area contributed by atoms with Gasteiger partial charge in [0.25, 0.3) is 5.91 Å². The van der Waals surface area contributed by atoms with Crippen molar-refractivity contribution in [2.45, 2.75) is 6.92 Å². The lowest BCUT2D eigenvalue weighted by molar-refractivity contribution is -0.116. The lowest BCUT2D eigenvalue weighted by Crippen LogP contribution is -2.35. The molecule has 0 aliphatic carbocycles. The van der Waals surface area contributed by atoms with Gasteiger partial charge in [0, 0.05) is 12.6 Å². The third-order valence-corrected chi connectivity index (χ3v) is 4.97. The van der Waals surface area contributed by atoms with Crippen molar-refractivity contribution in [1.29, 1.82) is 0 Å². The zero-order valence-corrected chi connectivity index (χ0v) is 17.5. The van der Waals surface area contributed by atoms with Crippen molar-refractivity contribution < 1.29 is 9.59 Å². The second-order valence-corrected chi connectivity index (χ2v) is 7.32.